The molecular formula is C11H11N3. The second-order valence-electron chi connectivity index (χ2n) is 3.11. The molecule has 2 aromatic heterocycles. The molecule has 2 N–H and O–H groups in total. The lowest BCUT2D eigenvalue weighted by molar-refractivity contribution is 1.15. The molecule has 0 saturated heterocycles. The van der Waals surface area contributed by atoms with Crippen LogP contribution in [0.3, 0.4) is 0 Å². The number of nitrogen functional groups attached to an aromatic ring is 1. The van der Waals surface area contributed by atoms with Crippen molar-refractivity contribution in [3.8, 4) is 0 Å². The zero-order valence-corrected chi connectivity index (χ0v) is 7.72. The first-order chi connectivity index (χ1) is 6.86. The van der Waals surface area contributed by atoms with Crippen LogP contribution in [0.4, 0.5) is 5.69 Å². The molecule has 0 fully saturated rings. The van der Waals surface area contributed by atoms with E-state index in [9.17, 15) is 0 Å². The zero-order chi connectivity index (χ0) is 9.80. The molecule has 0 unspecified atom stereocenters. The summed E-state index contributed by atoms with van der Waals surface area (Å²) >= 11 is 0. The largest absolute Gasteiger partial charge is 0.397 e. The number of rotatable bonds is 2. The number of nitrogens with two attached hydrogens (primary N) is 1. The minimum Gasteiger partial charge on any atom is -0.397 e. The molecule has 0 spiro atoms. The van der Waals surface area contributed by atoms with Crippen LogP contribution in [0.15, 0.2) is 43.0 Å². The van der Waals surface area contributed by atoms with Gasteiger partial charge in [-0.3, -0.25) is 9.97 Å². The Morgan fingerprint density at radius 2 is 1.71 bits per heavy atom. The van der Waals surface area contributed by atoms with E-state index in [1.54, 1.807) is 24.8 Å². The summed E-state index contributed by atoms with van der Waals surface area (Å²) in [4.78, 5) is 7.92. The van der Waals surface area contributed by atoms with E-state index in [0.717, 1.165) is 17.7 Å². The lowest BCUT2D eigenvalue weighted by Crippen LogP contribution is -1.96. The summed E-state index contributed by atoms with van der Waals surface area (Å²) < 4.78 is 0. The molecule has 0 amide bonds. The van der Waals surface area contributed by atoms with E-state index >= 15 is 0 Å². The molecule has 0 bridgehead atoms. The van der Waals surface area contributed by atoms with Crippen molar-refractivity contribution < 1.29 is 0 Å². The number of nitrogens with zero attached hydrogens (tertiary/aromatic N) is 2. The lowest BCUT2D eigenvalue weighted by Gasteiger charge is -2.03. The van der Waals surface area contributed by atoms with E-state index < -0.39 is 0 Å². The Hall–Kier alpha value is -1.90. The zero-order valence-electron chi connectivity index (χ0n) is 7.72. The van der Waals surface area contributed by atoms with Gasteiger partial charge >= 0.3 is 0 Å². The third-order valence-corrected chi connectivity index (χ3v) is 2.09. The van der Waals surface area contributed by atoms with Gasteiger partial charge in [0, 0.05) is 18.6 Å². The van der Waals surface area contributed by atoms with Gasteiger partial charge in [-0.15, -0.1) is 0 Å². The van der Waals surface area contributed by atoms with E-state index in [0.29, 0.717) is 0 Å². The van der Waals surface area contributed by atoms with Crippen LogP contribution in [0.2, 0.25) is 0 Å². The molecule has 0 radical (unpaired) electrons. The monoisotopic (exact) mass is 185 g/mol. The summed E-state index contributed by atoms with van der Waals surface area (Å²) in [5.74, 6) is 0. The highest BCUT2D eigenvalue weighted by atomic mass is 14.7. The maximum atomic E-state index is 5.79. The molecule has 0 aliphatic heterocycles. The third kappa shape index (κ3) is 1.88. The molecule has 14 heavy (non-hydrogen) atoms. The van der Waals surface area contributed by atoms with E-state index in [1.165, 1.54) is 5.56 Å². The van der Waals surface area contributed by atoms with Crippen molar-refractivity contribution in [2.45, 2.75) is 6.42 Å². The quantitative estimate of drug-likeness (QED) is 0.774. The van der Waals surface area contributed by atoms with Gasteiger partial charge < -0.3 is 5.73 Å². The maximum absolute atomic E-state index is 5.79. The molecule has 3 nitrogen and oxygen atoms in total. The van der Waals surface area contributed by atoms with Gasteiger partial charge in [-0.1, -0.05) is 0 Å². The standard InChI is InChI=1S/C11H11N3/c12-11-8-14-6-3-10(11)7-9-1-4-13-5-2-9/h1-6,8H,7,12H2. The van der Waals surface area contributed by atoms with Crippen LogP contribution in [-0.4, -0.2) is 9.97 Å². The van der Waals surface area contributed by atoms with Gasteiger partial charge in [0.05, 0.1) is 11.9 Å². The van der Waals surface area contributed by atoms with Crippen LogP contribution in [0.25, 0.3) is 0 Å². The van der Waals surface area contributed by atoms with Crippen molar-refractivity contribution in [3.05, 3.63) is 54.1 Å². The SMILES string of the molecule is Nc1cnccc1Cc1ccncc1. The van der Waals surface area contributed by atoms with Gasteiger partial charge in [-0.25, -0.2) is 0 Å². The van der Waals surface area contributed by atoms with Crippen LogP contribution in [0, 0.1) is 0 Å². The van der Waals surface area contributed by atoms with Crippen LogP contribution < -0.4 is 5.73 Å². The Bertz CT molecular complexity index is 412. The highest BCUT2D eigenvalue weighted by Gasteiger charge is 1.99. The summed E-state index contributed by atoms with van der Waals surface area (Å²) in [6.45, 7) is 0. The van der Waals surface area contributed by atoms with Gasteiger partial charge in [0.2, 0.25) is 0 Å². The minimum atomic E-state index is 0.740. The molecule has 2 aromatic rings. The average Bonchev–Trinajstić information content (AvgIpc) is 2.23. The van der Waals surface area contributed by atoms with Gasteiger partial charge in [-0.2, -0.15) is 0 Å². The molecule has 0 aromatic carbocycles. The second kappa shape index (κ2) is 3.87. The Balaban J connectivity index is 2.24. The first-order valence-corrected chi connectivity index (χ1v) is 4.43. The van der Waals surface area contributed by atoms with Crippen LogP contribution in [-0.2, 0) is 6.42 Å². The molecule has 0 atom stereocenters. The fourth-order valence-electron chi connectivity index (χ4n) is 1.32. The lowest BCUT2D eigenvalue weighted by atomic mass is 10.1. The predicted octanol–water partition coefficient (Wildman–Crippen LogP) is 1.65. The normalized spacial score (nSPS) is 10.0. The van der Waals surface area contributed by atoms with Crippen LogP contribution in [0.5, 0.6) is 0 Å². The number of anilines is 1. The van der Waals surface area contributed by atoms with E-state index in [-0.39, 0.29) is 0 Å². The predicted molar refractivity (Wildman–Crippen MR) is 55.7 cm³/mol. The number of pyridine rings is 2. The Morgan fingerprint density at radius 3 is 2.43 bits per heavy atom. The topological polar surface area (TPSA) is 51.8 Å². The maximum Gasteiger partial charge on any atom is 0.0536 e. The van der Waals surface area contributed by atoms with Crippen LogP contribution in [0.1, 0.15) is 11.1 Å². The van der Waals surface area contributed by atoms with Crippen molar-refractivity contribution in [3.63, 3.8) is 0 Å². The van der Waals surface area contributed by atoms with Gasteiger partial charge in [0.1, 0.15) is 0 Å². The molecular weight excluding hydrogens is 174 g/mol. The summed E-state index contributed by atoms with van der Waals surface area (Å²) in [7, 11) is 0. The van der Waals surface area contributed by atoms with E-state index in [4.69, 9.17) is 5.73 Å². The average molecular weight is 185 g/mol. The van der Waals surface area contributed by atoms with E-state index in [2.05, 4.69) is 9.97 Å². The van der Waals surface area contributed by atoms with Gasteiger partial charge in [-0.05, 0) is 35.7 Å². The summed E-state index contributed by atoms with van der Waals surface area (Å²) in [5.41, 5.74) is 8.84. The van der Waals surface area contributed by atoms with E-state index in [1.807, 2.05) is 18.2 Å². The summed E-state index contributed by atoms with van der Waals surface area (Å²) in [5, 5.41) is 0. The minimum absolute atomic E-state index is 0.740. The highest BCUT2D eigenvalue weighted by molar-refractivity contribution is 5.45. The highest BCUT2D eigenvalue weighted by Crippen LogP contribution is 2.13. The fraction of sp³-hybridized carbons (Fsp3) is 0.0909. The molecule has 2 rings (SSSR count). The molecule has 0 saturated carbocycles. The first kappa shape index (κ1) is 8.69. The molecule has 70 valence electrons. The third-order valence-electron chi connectivity index (χ3n) is 2.09. The number of hydrogen-bond donors (Lipinski definition) is 1. The van der Waals surface area contributed by atoms with Crippen molar-refractivity contribution in [2.24, 2.45) is 0 Å². The number of aromatic nitrogens is 2. The van der Waals surface area contributed by atoms with Gasteiger partial charge in [0.25, 0.3) is 0 Å². The first-order valence-electron chi connectivity index (χ1n) is 4.43. The van der Waals surface area contributed by atoms with Crippen molar-refractivity contribution in [1.29, 1.82) is 0 Å². The Morgan fingerprint density at radius 1 is 1.00 bits per heavy atom. The van der Waals surface area contributed by atoms with Crippen molar-refractivity contribution in [1.82, 2.24) is 9.97 Å². The van der Waals surface area contributed by atoms with Gasteiger partial charge in [0.15, 0.2) is 0 Å². The number of hydrogen-bond acceptors (Lipinski definition) is 3. The van der Waals surface area contributed by atoms with Crippen molar-refractivity contribution in [2.75, 3.05) is 5.73 Å². The molecule has 3 heteroatoms. The van der Waals surface area contributed by atoms with Crippen molar-refractivity contribution >= 4 is 5.69 Å². The smallest absolute Gasteiger partial charge is 0.0536 e. The van der Waals surface area contributed by atoms with Crippen LogP contribution >= 0.6 is 0 Å². The summed E-state index contributed by atoms with van der Waals surface area (Å²) in [6.07, 6.45) is 7.83. The summed E-state index contributed by atoms with van der Waals surface area (Å²) in [6, 6.07) is 5.91. The molecule has 0 aliphatic carbocycles. The second-order valence-corrected chi connectivity index (χ2v) is 3.11. The Labute approximate surface area is 82.6 Å². The Kier molecular flexibility index (Phi) is 2.40. The molecule has 0 aliphatic rings. The molecule has 2 heterocycles. The fourth-order valence-corrected chi connectivity index (χ4v) is 1.32.